The van der Waals surface area contributed by atoms with Crippen LogP contribution in [0.3, 0.4) is 0 Å². The first-order valence-corrected chi connectivity index (χ1v) is 13.5. The summed E-state index contributed by atoms with van der Waals surface area (Å²) >= 11 is 2.56. The van der Waals surface area contributed by atoms with Crippen molar-refractivity contribution in [2.75, 3.05) is 11.1 Å². The Hall–Kier alpha value is -4.65. The van der Waals surface area contributed by atoms with Crippen LogP contribution in [0.4, 0.5) is 5.69 Å². The van der Waals surface area contributed by atoms with Crippen molar-refractivity contribution in [2.24, 2.45) is 0 Å². The molecule has 0 atom stereocenters. The predicted octanol–water partition coefficient (Wildman–Crippen LogP) is 6.46. The van der Waals surface area contributed by atoms with Gasteiger partial charge < -0.3 is 9.73 Å². The Morgan fingerprint density at radius 2 is 1.74 bits per heavy atom. The molecule has 3 aromatic carbocycles. The highest BCUT2D eigenvalue weighted by molar-refractivity contribution is 7.99. The van der Waals surface area contributed by atoms with Gasteiger partial charge in [-0.2, -0.15) is 5.26 Å². The van der Waals surface area contributed by atoms with Gasteiger partial charge in [-0.05, 0) is 29.8 Å². The lowest BCUT2D eigenvalue weighted by Gasteiger charge is -2.12. The molecule has 6 rings (SSSR count). The molecule has 0 radical (unpaired) electrons. The van der Waals surface area contributed by atoms with Crippen LogP contribution < -0.4 is 10.9 Å². The average molecular weight is 535 g/mol. The molecule has 6 aromatic rings. The number of nitrogens with one attached hydrogen (secondary N) is 1. The Kier molecular flexibility index (Phi) is 6.25. The smallest absolute Gasteiger partial charge is 0.268 e. The molecule has 0 saturated heterocycles. The Labute approximate surface area is 225 Å². The molecule has 9 heteroatoms. The van der Waals surface area contributed by atoms with Gasteiger partial charge in [-0.25, -0.2) is 4.98 Å². The lowest BCUT2D eigenvalue weighted by molar-refractivity contribution is -0.113. The van der Waals surface area contributed by atoms with E-state index < -0.39 is 0 Å². The van der Waals surface area contributed by atoms with Crippen LogP contribution in [0.15, 0.2) is 105 Å². The number of hydrogen-bond donors (Lipinski definition) is 1. The molecule has 0 aliphatic carbocycles. The first-order valence-electron chi connectivity index (χ1n) is 11.6. The van der Waals surface area contributed by atoms with E-state index in [1.807, 2.05) is 78.2 Å². The first-order chi connectivity index (χ1) is 18.6. The number of thioether (sulfide) groups is 1. The normalized spacial score (nSPS) is 11.0. The number of fused-ring (bicyclic) bond motifs is 2. The lowest BCUT2D eigenvalue weighted by Crippen LogP contribution is -2.22. The number of rotatable bonds is 6. The number of nitrogens with zero attached hydrogens (tertiary/aromatic N) is 3. The lowest BCUT2D eigenvalue weighted by atomic mass is 10.1. The Morgan fingerprint density at radius 1 is 1.03 bits per heavy atom. The molecule has 7 nitrogen and oxygen atoms in total. The van der Waals surface area contributed by atoms with Gasteiger partial charge in [-0.3, -0.25) is 14.2 Å². The van der Waals surface area contributed by atoms with E-state index in [1.165, 1.54) is 11.3 Å². The van der Waals surface area contributed by atoms with Crippen LogP contribution in [-0.4, -0.2) is 21.2 Å². The van der Waals surface area contributed by atoms with Gasteiger partial charge in [0.05, 0.1) is 16.8 Å². The summed E-state index contributed by atoms with van der Waals surface area (Å²) in [6.45, 7) is 0. The zero-order chi connectivity index (χ0) is 26.1. The Morgan fingerprint density at radius 3 is 2.50 bits per heavy atom. The van der Waals surface area contributed by atoms with E-state index in [0.29, 0.717) is 37.7 Å². The van der Waals surface area contributed by atoms with E-state index in [2.05, 4.69) is 5.32 Å². The third-order valence-electron chi connectivity index (χ3n) is 5.97. The van der Waals surface area contributed by atoms with Crippen molar-refractivity contribution in [3.8, 4) is 22.9 Å². The van der Waals surface area contributed by atoms with Crippen LogP contribution in [0.25, 0.3) is 38.0 Å². The van der Waals surface area contributed by atoms with E-state index in [-0.39, 0.29) is 23.0 Å². The van der Waals surface area contributed by atoms with Crippen molar-refractivity contribution >= 4 is 55.9 Å². The maximum absolute atomic E-state index is 13.9. The molecule has 3 aromatic heterocycles. The fraction of sp³-hybridized carbons (Fsp3) is 0.0345. The summed E-state index contributed by atoms with van der Waals surface area (Å²) in [6.07, 6.45) is 0. The summed E-state index contributed by atoms with van der Waals surface area (Å²) in [5.74, 6) is -0.327. The van der Waals surface area contributed by atoms with E-state index in [4.69, 9.17) is 9.40 Å². The second-order valence-corrected chi connectivity index (χ2v) is 10.1. The van der Waals surface area contributed by atoms with Gasteiger partial charge in [0, 0.05) is 16.3 Å². The third-order valence-corrected chi connectivity index (χ3v) is 7.78. The number of anilines is 1. The minimum atomic E-state index is -0.344. The molecule has 38 heavy (non-hydrogen) atoms. The van der Waals surface area contributed by atoms with Gasteiger partial charge in [0.2, 0.25) is 11.7 Å². The summed E-state index contributed by atoms with van der Waals surface area (Å²) < 4.78 is 7.10. The maximum atomic E-state index is 13.9. The van der Waals surface area contributed by atoms with Crippen LogP contribution in [0.5, 0.6) is 0 Å². The topological polar surface area (TPSA) is 101 Å². The number of thiophene rings is 1. The van der Waals surface area contributed by atoms with Crippen molar-refractivity contribution in [3.63, 3.8) is 0 Å². The molecule has 0 aliphatic heterocycles. The number of benzene rings is 3. The third kappa shape index (κ3) is 4.26. The van der Waals surface area contributed by atoms with Crippen molar-refractivity contribution in [1.82, 2.24) is 9.55 Å². The summed E-state index contributed by atoms with van der Waals surface area (Å²) in [4.78, 5) is 32.3. The van der Waals surface area contributed by atoms with E-state index in [1.54, 1.807) is 22.8 Å². The average Bonchev–Trinajstić information content (AvgIpc) is 3.54. The summed E-state index contributed by atoms with van der Waals surface area (Å²) in [7, 11) is 0. The standard InChI is InChI=1S/C29H18N4O3S2/c30-15-23-26(20-13-7-8-14-22(20)36-23)31-24(34)17-38-29-32-27-25(21(16-37-27)18-9-3-1-4-10-18)28(35)33(29)19-11-5-2-6-12-19/h1-14,16H,17H2,(H,31,34). The SMILES string of the molecule is N#Cc1oc2ccccc2c1NC(=O)CSc1nc2scc(-c3ccccc3)c2c(=O)n1-c1ccccc1. The summed E-state index contributed by atoms with van der Waals surface area (Å²) in [6, 6.07) is 28.1. The number of furan rings is 1. The molecule has 184 valence electrons. The Bertz CT molecular complexity index is 1900. The predicted molar refractivity (Wildman–Crippen MR) is 151 cm³/mol. The highest BCUT2D eigenvalue weighted by atomic mass is 32.2. The summed E-state index contributed by atoms with van der Waals surface area (Å²) in [5, 5.41) is 15.8. The highest BCUT2D eigenvalue weighted by Gasteiger charge is 2.21. The van der Waals surface area contributed by atoms with E-state index in [9.17, 15) is 14.9 Å². The molecular weight excluding hydrogens is 516 g/mol. The second kappa shape index (κ2) is 10.0. The Balaban J connectivity index is 1.37. The molecule has 0 fully saturated rings. The fourth-order valence-corrected chi connectivity index (χ4v) is 6.06. The number of hydrogen-bond acceptors (Lipinski definition) is 7. The van der Waals surface area contributed by atoms with Gasteiger partial charge in [-0.15, -0.1) is 11.3 Å². The van der Waals surface area contributed by atoms with Crippen LogP contribution in [0.2, 0.25) is 0 Å². The monoisotopic (exact) mass is 534 g/mol. The largest absolute Gasteiger partial charge is 0.443 e. The molecule has 1 amide bonds. The van der Waals surface area contributed by atoms with Crippen molar-refractivity contribution in [2.45, 2.75) is 5.16 Å². The molecule has 1 N–H and O–H groups in total. The molecule has 0 aliphatic rings. The number of aromatic nitrogens is 2. The maximum Gasteiger partial charge on any atom is 0.268 e. The van der Waals surface area contributed by atoms with E-state index >= 15 is 0 Å². The van der Waals surface area contributed by atoms with E-state index in [0.717, 1.165) is 22.9 Å². The quantitative estimate of drug-likeness (QED) is 0.194. The van der Waals surface area contributed by atoms with Gasteiger partial charge in [-0.1, -0.05) is 72.4 Å². The number of carbonyl (C=O) groups is 1. The number of para-hydroxylation sites is 2. The molecular formula is C29H18N4O3S2. The van der Waals surface area contributed by atoms with Crippen molar-refractivity contribution in [1.29, 1.82) is 5.26 Å². The minimum absolute atomic E-state index is 0.0218. The molecule has 0 spiro atoms. The summed E-state index contributed by atoms with van der Waals surface area (Å²) in [5.41, 5.74) is 3.09. The fourth-order valence-electron chi connectivity index (χ4n) is 4.26. The van der Waals surface area contributed by atoms with Gasteiger partial charge in [0.25, 0.3) is 5.56 Å². The van der Waals surface area contributed by atoms with Crippen molar-refractivity contribution in [3.05, 3.63) is 106 Å². The molecule has 0 saturated carbocycles. The second-order valence-electron chi connectivity index (χ2n) is 8.32. The number of nitriles is 1. The molecule has 3 heterocycles. The number of carbonyl (C=O) groups excluding carboxylic acids is 1. The van der Waals surface area contributed by atoms with Crippen molar-refractivity contribution < 1.29 is 9.21 Å². The van der Waals surface area contributed by atoms with Crippen LogP contribution in [0, 0.1) is 11.3 Å². The van der Waals surface area contributed by atoms with Gasteiger partial charge >= 0.3 is 0 Å². The zero-order valence-electron chi connectivity index (χ0n) is 19.8. The minimum Gasteiger partial charge on any atom is -0.443 e. The zero-order valence-corrected chi connectivity index (χ0v) is 21.4. The van der Waals surface area contributed by atoms with Crippen LogP contribution in [0.1, 0.15) is 5.76 Å². The van der Waals surface area contributed by atoms with Crippen LogP contribution in [-0.2, 0) is 4.79 Å². The highest BCUT2D eigenvalue weighted by Crippen LogP contribution is 2.33. The number of amides is 1. The molecule has 0 bridgehead atoms. The van der Waals surface area contributed by atoms with Gasteiger partial charge in [0.1, 0.15) is 22.2 Å². The van der Waals surface area contributed by atoms with Gasteiger partial charge in [0.15, 0.2) is 5.16 Å². The van der Waals surface area contributed by atoms with Crippen LogP contribution >= 0.6 is 23.1 Å². The molecule has 0 unspecified atom stereocenters. The first kappa shape index (κ1) is 23.7.